The van der Waals surface area contributed by atoms with E-state index in [4.69, 9.17) is 11.0 Å². The van der Waals surface area contributed by atoms with E-state index in [0.717, 1.165) is 17.1 Å². The minimum atomic E-state index is 0.356. The summed E-state index contributed by atoms with van der Waals surface area (Å²) in [6, 6.07) is 24.6. The molecule has 0 aliphatic carbocycles. The Hall–Kier alpha value is -4.64. The Morgan fingerprint density at radius 2 is 1.06 bits per heavy atom. The molecule has 1 heterocycles. The van der Waals surface area contributed by atoms with Gasteiger partial charge >= 0.3 is 0 Å². The van der Waals surface area contributed by atoms with E-state index in [9.17, 15) is 0 Å². The smallest absolute Gasteiger partial charge is 0.233 e. The largest absolute Gasteiger partial charge is 0.399 e. The van der Waals surface area contributed by atoms with Gasteiger partial charge in [-0.15, -0.1) is 0 Å². The Morgan fingerprint density at radius 1 is 0.667 bits per heavy atom. The number of benzene rings is 3. The second kappa shape index (κ2) is 9.66. The molecule has 4 aromatic rings. The SMILES string of the molecule is CC(C)c1ccc(Nc2nc(Nc3ccc(N)cc3)nc(Nc3ccc(C#N)cc3)n2)cc1. The molecule has 3 aromatic carbocycles. The van der Waals surface area contributed by atoms with Crippen molar-refractivity contribution in [2.45, 2.75) is 19.8 Å². The van der Waals surface area contributed by atoms with E-state index in [1.54, 1.807) is 36.4 Å². The average Bonchev–Trinajstić information content (AvgIpc) is 2.81. The average molecular weight is 437 g/mol. The molecule has 4 rings (SSSR count). The van der Waals surface area contributed by atoms with Crippen LogP contribution in [0.2, 0.25) is 0 Å². The van der Waals surface area contributed by atoms with Gasteiger partial charge < -0.3 is 21.7 Å². The van der Waals surface area contributed by atoms with E-state index < -0.39 is 0 Å². The number of nitrogens with zero attached hydrogens (tertiary/aromatic N) is 4. The standard InChI is InChI=1S/C25H24N8/c1-16(2)18-5-11-21(12-6-18)29-24-31-23(28-20-9-3-17(15-26)4-10-20)32-25(33-24)30-22-13-7-19(27)8-14-22/h3-14,16H,27H2,1-2H3,(H3,28,29,30,31,32,33). The first kappa shape index (κ1) is 21.6. The van der Waals surface area contributed by atoms with Crippen molar-refractivity contribution in [1.29, 1.82) is 5.26 Å². The molecule has 1 aromatic heterocycles. The molecule has 0 aliphatic heterocycles. The van der Waals surface area contributed by atoms with Gasteiger partial charge in [0.2, 0.25) is 17.8 Å². The minimum absolute atomic E-state index is 0.356. The molecule has 0 radical (unpaired) electrons. The number of nitrogen functional groups attached to an aromatic ring is 1. The number of rotatable bonds is 7. The molecule has 0 spiro atoms. The first-order chi connectivity index (χ1) is 16.0. The van der Waals surface area contributed by atoms with E-state index in [1.165, 1.54) is 5.56 Å². The van der Waals surface area contributed by atoms with Crippen LogP contribution in [0.25, 0.3) is 0 Å². The van der Waals surface area contributed by atoms with Crippen molar-refractivity contribution in [2.24, 2.45) is 0 Å². The van der Waals surface area contributed by atoms with Gasteiger partial charge in [-0.2, -0.15) is 20.2 Å². The van der Waals surface area contributed by atoms with Crippen molar-refractivity contribution in [3.8, 4) is 6.07 Å². The molecular formula is C25H24N8. The number of hydrogen-bond acceptors (Lipinski definition) is 8. The van der Waals surface area contributed by atoms with E-state index in [1.807, 2.05) is 24.3 Å². The van der Waals surface area contributed by atoms with E-state index in [-0.39, 0.29) is 0 Å². The Balaban J connectivity index is 1.62. The highest BCUT2D eigenvalue weighted by Crippen LogP contribution is 2.23. The Labute approximate surface area is 192 Å². The second-order valence-corrected chi connectivity index (χ2v) is 7.77. The highest BCUT2D eigenvalue weighted by atomic mass is 15.3. The number of hydrogen-bond donors (Lipinski definition) is 4. The van der Waals surface area contributed by atoms with Crippen molar-refractivity contribution in [3.63, 3.8) is 0 Å². The monoisotopic (exact) mass is 436 g/mol. The van der Waals surface area contributed by atoms with E-state index in [2.05, 4.69) is 63.0 Å². The molecular weight excluding hydrogens is 412 g/mol. The summed E-state index contributed by atoms with van der Waals surface area (Å²) in [5.74, 6) is 1.56. The molecule has 33 heavy (non-hydrogen) atoms. The molecule has 0 atom stereocenters. The summed E-state index contributed by atoms with van der Waals surface area (Å²) in [7, 11) is 0. The molecule has 0 saturated heterocycles. The van der Waals surface area contributed by atoms with Crippen molar-refractivity contribution in [3.05, 3.63) is 83.9 Å². The van der Waals surface area contributed by atoms with Gasteiger partial charge in [0, 0.05) is 22.7 Å². The minimum Gasteiger partial charge on any atom is -0.399 e. The van der Waals surface area contributed by atoms with E-state index in [0.29, 0.717) is 35.0 Å². The summed E-state index contributed by atoms with van der Waals surface area (Å²) in [6.45, 7) is 4.31. The fourth-order valence-corrected chi connectivity index (χ4v) is 3.08. The van der Waals surface area contributed by atoms with Crippen LogP contribution >= 0.6 is 0 Å². The molecule has 0 fully saturated rings. The molecule has 5 N–H and O–H groups in total. The van der Waals surface area contributed by atoms with Crippen molar-refractivity contribution in [1.82, 2.24) is 15.0 Å². The van der Waals surface area contributed by atoms with Crippen LogP contribution in [0.4, 0.5) is 40.6 Å². The lowest BCUT2D eigenvalue weighted by molar-refractivity contribution is 0.867. The lowest BCUT2D eigenvalue weighted by atomic mass is 10.0. The maximum Gasteiger partial charge on any atom is 0.233 e. The predicted molar refractivity (Wildman–Crippen MR) is 132 cm³/mol. The summed E-state index contributed by atoms with van der Waals surface area (Å²) in [5, 5.41) is 18.6. The van der Waals surface area contributed by atoms with Crippen LogP contribution in [0, 0.1) is 11.3 Å². The molecule has 8 heteroatoms. The third-order valence-corrected chi connectivity index (χ3v) is 4.91. The number of aromatic nitrogens is 3. The number of anilines is 7. The van der Waals surface area contributed by atoms with Crippen LogP contribution in [-0.2, 0) is 0 Å². The maximum atomic E-state index is 9.01. The summed E-state index contributed by atoms with van der Waals surface area (Å²) in [5.41, 5.74) is 10.7. The van der Waals surface area contributed by atoms with E-state index >= 15 is 0 Å². The summed E-state index contributed by atoms with van der Waals surface area (Å²) < 4.78 is 0. The van der Waals surface area contributed by atoms with Gasteiger partial charge in [-0.05, 0) is 72.1 Å². The Bertz CT molecular complexity index is 1260. The molecule has 0 aliphatic rings. The lowest BCUT2D eigenvalue weighted by Gasteiger charge is -2.12. The van der Waals surface area contributed by atoms with Crippen LogP contribution in [0.5, 0.6) is 0 Å². The number of nitrogens with one attached hydrogen (secondary N) is 3. The zero-order valence-corrected chi connectivity index (χ0v) is 18.4. The summed E-state index contributed by atoms with van der Waals surface area (Å²) in [6.07, 6.45) is 0. The van der Waals surface area contributed by atoms with Gasteiger partial charge in [-0.3, -0.25) is 0 Å². The zero-order valence-electron chi connectivity index (χ0n) is 18.4. The Kier molecular flexibility index (Phi) is 6.32. The quantitative estimate of drug-likeness (QED) is 0.273. The van der Waals surface area contributed by atoms with Gasteiger partial charge in [0.05, 0.1) is 11.6 Å². The number of nitriles is 1. The molecule has 0 amide bonds. The van der Waals surface area contributed by atoms with Gasteiger partial charge in [0.15, 0.2) is 0 Å². The van der Waals surface area contributed by atoms with Gasteiger partial charge in [-0.25, -0.2) is 0 Å². The highest BCUT2D eigenvalue weighted by molar-refractivity contribution is 5.63. The van der Waals surface area contributed by atoms with Crippen LogP contribution < -0.4 is 21.7 Å². The first-order valence-electron chi connectivity index (χ1n) is 10.5. The zero-order chi connectivity index (χ0) is 23.2. The second-order valence-electron chi connectivity index (χ2n) is 7.77. The molecule has 0 unspecified atom stereocenters. The fraction of sp³-hybridized carbons (Fsp3) is 0.120. The topological polar surface area (TPSA) is 125 Å². The Morgan fingerprint density at radius 3 is 1.45 bits per heavy atom. The molecule has 8 nitrogen and oxygen atoms in total. The van der Waals surface area contributed by atoms with Crippen molar-refractivity contribution >= 4 is 40.6 Å². The van der Waals surface area contributed by atoms with Crippen LogP contribution in [0.3, 0.4) is 0 Å². The fourth-order valence-electron chi connectivity index (χ4n) is 3.08. The van der Waals surface area contributed by atoms with Gasteiger partial charge in [-0.1, -0.05) is 26.0 Å². The third kappa shape index (κ3) is 5.74. The first-order valence-corrected chi connectivity index (χ1v) is 10.5. The van der Waals surface area contributed by atoms with Gasteiger partial charge in [0.25, 0.3) is 0 Å². The highest BCUT2D eigenvalue weighted by Gasteiger charge is 2.09. The molecule has 0 bridgehead atoms. The maximum absolute atomic E-state index is 9.01. The summed E-state index contributed by atoms with van der Waals surface area (Å²) in [4.78, 5) is 13.5. The van der Waals surface area contributed by atoms with Gasteiger partial charge in [0.1, 0.15) is 0 Å². The lowest BCUT2D eigenvalue weighted by Crippen LogP contribution is -2.07. The third-order valence-electron chi connectivity index (χ3n) is 4.91. The van der Waals surface area contributed by atoms with Crippen molar-refractivity contribution in [2.75, 3.05) is 21.7 Å². The predicted octanol–water partition coefficient (Wildman–Crippen LogP) is 5.68. The van der Waals surface area contributed by atoms with Crippen LogP contribution in [0.1, 0.15) is 30.9 Å². The normalized spacial score (nSPS) is 10.5. The molecule has 0 saturated carbocycles. The number of nitrogens with two attached hydrogens (primary N) is 1. The van der Waals surface area contributed by atoms with Crippen LogP contribution in [0.15, 0.2) is 72.8 Å². The summed E-state index contributed by atoms with van der Waals surface area (Å²) >= 11 is 0. The molecule has 164 valence electrons. The van der Waals surface area contributed by atoms with Crippen LogP contribution in [-0.4, -0.2) is 15.0 Å². The van der Waals surface area contributed by atoms with Crippen molar-refractivity contribution < 1.29 is 0 Å².